The highest BCUT2D eigenvalue weighted by atomic mass is 16.4. The Bertz CT molecular complexity index is 1060. The molecule has 0 fully saturated rings. The van der Waals surface area contributed by atoms with E-state index in [0.29, 0.717) is 31.2 Å². The SMILES string of the molecule is O=C[C@H](CC(=O)O)NC(=O)CN1C(=O)[C@@H](NC(=O)CCc2ccccc2)CCc2ccccc21. The number of rotatable bonds is 10. The van der Waals surface area contributed by atoms with Crippen LogP contribution in [0.25, 0.3) is 0 Å². The number of aryl methyl sites for hydroxylation is 2. The van der Waals surface area contributed by atoms with Gasteiger partial charge >= 0.3 is 5.97 Å². The molecule has 2 atom stereocenters. The van der Waals surface area contributed by atoms with Crippen molar-refractivity contribution in [1.82, 2.24) is 10.6 Å². The number of aliphatic carboxylic acids is 1. The number of amides is 3. The maximum Gasteiger partial charge on any atom is 0.305 e. The Morgan fingerprint density at radius 2 is 1.76 bits per heavy atom. The van der Waals surface area contributed by atoms with Crippen molar-refractivity contribution in [1.29, 1.82) is 0 Å². The lowest BCUT2D eigenvalue weighted by molar-refractivity contribution is -0.138. The summed E-state index contributed by atoms with van der Waals surface area (Å²) in [5.41, 5.74) is 2.41. The smallest absolute Gasteiger partial charge is 0.305 e. The van der Waals surface area contributed by atoms with Gasteiger partial charge < -0.3 is 25.4 Å². The van der Waals surface area contributed by atoms with Gasteiger partial charge in [0.05, 0.1) is 12.5 Å². The van der Waals surface area contributed by atoms with Crippen LogP contribution in [0.2, 0.25) is 0 Å². The molecule has 0 saturated carbocycles. The average molecular weight is 466 g/mol. The molecular weight excluding hydrogens is 438 g/mol. The molecule has 0 unspecified atom stereocenters. The van der Waals surface area contributed by atoms with Gasteiger partial charge in [-0.15, -0.1) is 0 Å². The van der Waals surface area contributed by atoms with E-state index in [4.69, 9.17) is 5.11 Å². The molecule has 3 rings (SSSR count). The van der Waals surface area contributed by atoms with Crippen molar-refractivity contribution in [2.24, 2.45) is 0 Å². The highest BCUT2D eigenvalue weighted by Gasteiger charge is 2.32. The van der Waals surface area contributed by atoms with E-state index in [-0.39, 0.29) is 12.3 Å². The molecule has 3 N–H and O–H groups in total. The molecular formula is C25H27N3O6. The van der Waals surface area contributed by atoms with E-state index in [1.807, 2.05) is 42.5 Å². The highest BCUT2D eigenvalue weighted by molar-refractivity contribution is 6.04. The van der Waals surface area contributed by atoms with Gasteiger partial charge in [0.15, 0.2) is 0 Å². The first-order valence-electron chi connectivity index (χ1n) is 11.1. The predicted molar refractivity (Wildman–Crippen MR) is 124 cm³/mol. The van der Waals surface area contributed by atoms with Crippen LogP contribution in [-0.2, 0) is 36.8 Å². The predicted octanol–water partition coefficient (Wildman–Crippen LogP) is 1.24. The Balaban J connectivity index is 1.70. The van der Waals surface area contributed by atoms with Crippen molar-refractivity contribution in [2.75, 3.05) is 11.4 Å². The molecule has 9 nitrogen and oxygen atoms in total. The average Bonchev–Trinajstić information content (AvgIpc) is 2.95. The Morgan fingerprint density at radius 1 is 1.06 bits per heavy atom. The van der Waals surface area contributed by atoms with Crippen LogP contribution < -0.4 is 15.5 Å². The molecule has 0 aromatic heterocycles. The van der Waals surface area contributed by atoms with E-state index >= 15 is 0 Å². The summed E-state index contributed by atoms with van der Waals surface area (Å²) >= 11 is 0. The number of carboxylic acids is 1. The van der Waals surface area contributed by atoms with Crippen LogP contribution in [0.4, 0.5) is 5.69 Å². The van der Waals surface area contributed by atoms with E-state index < -0.39 is 42.8 Å². The van der Waals surface area contributed by atoms with Gasteiger partial charge in [-0.25, -0.2) is 0 Å². The molecule has 0 bridgehead atoms. The minimum absolute atomic E-state index is 0.220. The summed E-state index contributed by atoms with van der Waals surface area (Å²) in [7, 11) is 0. The Hall–Kier alpha value is -4.01. The van der Waals surface area contributed by atoms with Gasteiger partial charge in [0, 0.05) is 12.1 Å². The fourth-order valence-electron chi connectivity index (χ4n) is 3.90. The van der Waals surface area contributed by atoms with E-state index in [1.165, 1.54) is 4.90 Å². The van der Waals surface area contributed by atoms with Crippen LogP contribution in [0.3, 0.4) is 0 Å². The topological polar surface area (TPSA) is 133 Å². The number of carboxylic acid groups (broad SMARTS) is 1. The van der Waals surface area contributed by atoms with Crippen molar-refractivity contribution in [2.45, 2.75) is 44.2 Å². The van der Waals surface area contributed by atoms with Gasteiger partial charge in [-0.3, -0.25) is 19.2 Å². The Labute approximate surface area is 197 Å². The van der Waals surface area contributed by atoms with Crippen molar-refractivity contribution < 1.29 is 29.1 Å². The standard InChI is InChI=1S/C25H27N3O6/c29-16-19(14-24(32)33)26-23(31)15-28-21-9-5-4-8-18(21)11-12-20(25(28)34)27-22(30)13-10-17-6-2-1-3-7-17/h1-9,16,19-20H,10-15H2,(H,26,31)(H,27,30)(H,32,33)/t19-,20-/m0/s1. The zero-order valence-electron chi connectivity index (χ0n) is 18.6. The van der Waals surface area contributed by atoms with Gasteiger partial charge in [0.25, 0.3) is 0 Å². The summed E-state index contributed by atoms with van der Waals surface area (Å²) in [6, 6.07) is 14.7. The number of para-hydroxylation sites is 1. The molecule has 2 aromatic carbocycles. The Kier molecular flexibility index (Phi) is 8.50. The molecule has 0 saturated heterocycles. The third kappa shape index (κ3) is 6.74. The second-order valence-corrected chi connectivity index (χ2v) is 8.11. The first-order chi connectivity index (χ1) is 16.4. The molecule has 34 heavy (non-hydrogen) atoms. The van der Waals surface area contributed by atoms with Gasteiger partial charge in [0.2, 0.25) is 17.7 Å². The largest absolute Gasteiger partial charge is 0.481 e. The molecule has 0 radical (unpaired) electrons. The number of aldehydes is 1. The van der Waals surface area contributed by atoms with Crippen molar-refractivity contribution >= 4 is 35.7 Å². The van der Waals surface area contributed by atoms with Crippen LogP contribution in [0.1, 0.15) is 30.4 Å². The third-order valence-electron chi connectivity index (χ3n) is 5.57. The first-order valence-corrected chi connectivity index (χ1v) is 11.1. The third-order valence-corrected chi connectivity index (χ3v) is 5.57. The summed E-state index contributed by atoms with van der Waals surface area (Å²) in [6.45, 7) is -0.407. The zero-order chi connectivity index (χ0) is 24.5. The summed E-state index contributed by atoms with van der Waals surface area (Å²) in [5, 5.41) is 14.0. The maximum absolute atomic E-state index is 13.4. The molecule has 1 aliphatic heterocycles. The normalized spacial score (nSPS) is 16.1. The second kappa shape index (κ2) is 11.7. The number of nitrogens with zero attached hydrogens (tertiary/aromatic N) is 1. The number of hydrogen-bond acceptors (Lipinski definition) is 5. The number of benzene rings is 2. The van der Waals surface area contributed by atoms with Crippen LogP contribution in [0.15, 0.2) is 54.6 Å². The molecule has 2 aromatic rings. The van der Waals surface area contributed by atoms with Gasteiger partial charge in [-0.1, -0.05) is 48.5 Å². The number of carbonyl (C=O) groups is 5. The lowest BCUT2D eigenvalue weighted by atomic mass is 10.1. The number of nitrogens with one attached hydrogen (secondary N) is 2. The lowest BCUT2D eigenvalue weighted by Gasteiger charge is -2.26. The number of fused-ring (bicyclic) bond motifs is 1. The van der Waals surface area contributed by atoms with Crippen LogP contribution in [0, 0.1) is 0 Å². The number of carbonyl (C=O) groups excluding carboxylic acids is 4. The Morgan fingerprint density at radius 3 is 2.47 bits per heavy atom. The lowest BCUT2D eigenvalue weighted by Crippen LogP contribution is -2.51. The zero-order valence-corrected chi connectivity index (χ0v) is 18.6. The summed E-state index contributed by atoms with van der Waals surface area (Å²) < 4.78 is 0. The molecule has 3 amide bonds. The molecule has 9 heteroatoms. The molecule has 1 heterocycles. The van der Waals surface area contributed by atoms with Crippen LogP contribution >= 0.6 is 0 Å². The van der Waals surface area contributed by atoms with Gasteiger partial charge in [0.1, 0.15) is 18.9 Å². The van der Waals surface area contributed by atoms with Gasteiger partial charge in [-0.2, -0.15) is 0 Å². The van der Waals surface area contributed by atoms with E-state index in [2.05, 4.69) is 10.6 Å². The highest BCUT2D eigenvalue weighted by Crippen LogP contribution is 2.27. The maximum atomic E-state index is 13.4. The van der Waals surface area contributed by atoms with E-state index in [9.17, 15) is 24.0 Å². The van der Waals surface area contributed by atoms with Crippen molar-refractivity contribution in [3.8, 4) is 0 Å². The van der Waals surface area contributed by atoms with Gasteiger partial charge in [-0.05, 0) is 36.5 Å². The molecule has 178 valence electrons. The van der Waals surface area contributed by atoms with Crippen molar-refractivity contribution in [3.05, 3.63) is 65.7 Å². The van der Waals surface area contributed by atoms with Crippen LogP contribution in [0.5, 0.6) is 0 Å². The fourth-order valence-corrected chi connectivity index (χ4v) is 3.90. The molecule has 1 aliphatic rings. The molecule has 0 aliphatic carbocycles. The number of hydrogen-bond donors (Lipinski definition) is 3. The fraction of sp³-hybridized carbons (Fsp3) is 0.320. The molecule has 0 spiro atoms. The quantitative estimate of drug-likeness (QED) is 0.452. The monoisotopic (exact) mass is 465 g/mol. The minimum atomic E-state index is -1.23. The van der Waals surface area contributed by atoms with E-state index in [0.717, 1.165) is 11.1 Å². The van der Waals surface area contributed by atoms with E-state index in [1.54, 1.807) is 12.1 Å². The summed E-state index contributed by atoms with van der Waals surface area (Å²) in [6.07, 6.45) is 1.45. The van der Waals surface area contributed by atoms with Crippen molar-refractivity contribution in [3.63, 3.8) is 0 Å². The second-order valence-electron chi connectivity index (χ2n) is 8.11. The summed E-state index contributed by atoms with van der Waals surface area (Å²) in [4.78, 5) is 61.8. The minimum Gasteiger partial charge on any atom is -0.481 e. The number of anilines is 1. The first kappa shape index (κ1) is 24.6. The van der Waals surface area contributed by atoms with Crippen LogP contribution in [-0.4, -0.2) is 53.7 Å². The summed E-state index contributed by atoms with van der Waals surface area (Å²) in [5.74, 6) is -2.60.